The molecule has 1 aromatic heterocycles. The van der Waals surface area contributed by atoms with Gasteiger partial charge in [-0.15, -0.1) is 10.2 Å². The number of rotatable bonds is 5. The number of carbonyl (C=O) groups is 3. The highest BCUT2D eigenvalue weighted by molar-refractivity contribution is 6.09. The van der Waals surface area contributed by atoms with Crippen molar-refractivity contribution in [1.29, 1.82) is 0 Å². The maximum Gasteiger partial charge on any atom is 0.417 e. The first-order valence-corrected chi connectivity index (χ1v) is 10.2. The van der Waals surface area contributed by atoms with E-state index in [0.29, 0.717) is 18.9 Å². The number of benzene rings is 1. The van der Waals surface area contributed by atoms with Crippen LogP contribution in [0.15, 0.2) is 36.4 Å². The van der Waals surface area contributed by atoms with Gasteiger partial charge in [-0.3, -0.25) is 19.4 Å². The van der Waals surface area contributed by atoms with E-state index in [1.165, 1.54) is 24.3 Å². The van der Waals surface area contributed by atoms with E-state index in [1.54, 1.807) is 0 Å². The van der Waals surface area contributed by atoms with Crippen LogP contribution in [-0.2, 0) is 6.18 Å². The minimum Gasteiger partial charge on any atom is -0.350 e. The lowest BCUT2D eigenvalue weighted by Gasteiger charge is -2.33. The van der Waals surface area contributed by atoms with Crippen LogP contribution in [0.25, 0.3) is 0 Å². The van der Waals surface area contributed by atoms with Gasteiger partial charge in [0, 0.05) is 19.6 Å². The van der Waals surface area contributed by atoms with Crippen molar-refractivity contribution in [2.75, 3.05) is 24.5 Å². The minimum atomic E-state index is -4.73. The smallest absolute Gasteiger partial charge is 0.350 e. The first-order valence-electron chi connectivity index (χ1n) is 10.2. The van der Waals surface area contributed by atoms with E-state index in [0.717, 1.165) is 34.8 Å². The van der Waals surface area contributed by atoms with Gasteiger partial charge in [0.05, 0.1) is 11.1 Å². The lowest BCUT2D eigenvalue weighted by molar-refractivity contribution is -0.138. The Labute approximate surface area is 181 Å². The number of nitrogens with zero attached hydrogens (tertiary/aromatic N) is 4. The molecular formula is C21H20F3N5O3. The number of nitrogens with one attached hydrogen (secondary N) is 1. The molecule has 4 rings (SSSR count). The van der Waals surface area contributed by atoms with E-state index < -0.39 is 29.2 Å². The lowest BCUT2D eigenvalue weighted by atomic mass is 10.1. The van der Waals surface area contributed by atoms with E-state index in [1.807, 2.05) is 0 Å². The number of carbonyl (C=O) groups excluding carboxylic acids is 3. The first kappa shape index (κ1) is 21.7. The van der Waals surface area contributed by atoms with E-state index in [-0.39, 0.29) is 30.5 Å². The maximum atomic E-state index is 13.3. The Morgan fingerprint density at radius 3 is 2.47 bits per heavy atom. The number of urea groups is 1. The normalized spacial score (nSPS) is 16.8. The Balaban J connectivity index is 1.50. The zero-order valence-corrected chi connectivity index (χ0v) is 16.9. The number of imide groups is 1. The van der Waals surface area contributed by atoms with Crippen LogP contribution < -0.4 is 10.2 Å². The number of aromatic nitrogens is 2. The maximum absolute atomic E-state index is 13.3. The summed E-state index contributed by atoms with van der Waals surface area (Å²) >= 11 is 0. The van der Waals surface area contributed by atoms with Crippen LogP contribution in [0.5, 0.6) is 0 Å². The van der Waals surface area contributed by atoms with Gasteiger partial charge in [-0.05, 0) is 49.4 Å². The molecule has 1 aliphatic heterocycles. The summed E-state index contributed by atoms with van der Waals surface area (Å²) in [4.78, 5) is 39.8. The molecule has 1 N–H and O–H groups in total. The predicted octanol–water partition coefficient (Wildman–Crippen LogP) is 3.11. The second-order valence-corrected chi connectivity index (χ2v) is 7.72. The van der Waals surface area contributed by atoms with Crippen LogP contribution in [0, 0.1) is 5.92 Å². The average molecular weight is 447 g/mol. The highest BCUT2D eigenvalue weighted by Gasteiger charge is 2.39. The van der Waals surface area contributed by atoms with Crippen LogP contribution in [0.3, 0.4) is 0 Å². The summed E-state index contributed by atoms with van der Waals surface area (Å²) in [7, 11) is 0. The monoisotopic (exact) mass is 447 g/mol. The largest absolute Gasteiger partial charge is 0.417 e. The minimum absolute atomic E-state index is 0.0184. The Morgan fingerprint density at radius 2 is 1.81 bits per heavy atom. The molecule has 11 heteroatoms. The molecule has 2 aromatic rings. The third-order valence-electron chi connectivity index (χ3n) is 5.34. The average Bonchev–Trinajstić information content (AvgIpc) is 3.61. The summed E-state index contributed by atoms with van der Waals surface area (Å²) in [5.74, 6) is -0.795. The zero-order valence-electron chi connectivity index (χ0n) is 16.9. The van der Waals surface area contributed by atoms with Crippen molar-refractivity contribution in [3.63, 3.8) is 0 Å². The van der Waals surface area contributed by atoms with Crippen LogP contribution >= 0.6 is 0 Å². The van der Waals surface area contributed by atoms with Gasteiger partial charge in [0.15, 0.2) is 11.5 Å². The van der Waals surface area contributed by atoms with Crippen LogP contribution in [0.1, 0.15) is 45.7 Å². The van der Waals surface area contributed by atoms with Crippen LogP contribution in [0.2, 0.25) is 0 Å². The molecule has 4 amide bonds. The van der Waals surface area contributed by atoms with Crippen molar-refractivity contribution < 1.29 is 27.6 Å². The fourth-order valence-corrected chi connectivity index (χ4v) is 3.43. The highest BCUT2D eigenvalue weighted by atomic mass is 19.4. The van der Waals surface area contributed by atoms with Crippen molar-refractivity contribution in [3.8, 4) is 0 Å². The lowest BCUT2D eigenvalue weighted by Crippen LogP contribution is -2.52. The molecule has 1 saturated heterocycles. The molecule has 1 aliphatic carbocycles. The third-order valence-corrected chi connectivity index (χ3v) is 5.34. The molecular weight excluding hydrogens is 427 g/mol. The van der Waals surface area contributed by atoms with Crippen molar-refractivity contribution in [1.82, 2.24) is 20.4 Å². The predicted molar refractivity (Wildman–Crippen MR) is 107 cm³/mol. The van der Waals surface area contributed by atoms with Gasteiger partial charge in [0.1, 0.15) is 0 Å². The van der Waals surface area contributed by atoms with Crippen LogP contribution in [0.4, 0.5) is 23.8 Å². The second kappa shape index (κ2) is 8.56. The van der Waals surface area contributed by atoms with Crippen molar-refractivity contribution >= 4 is 23.7 Å². The topological polar surface area (TPSA) is 95.5 Å². The SMILES string of the molecule is O=C(NCC1CC1)c1ccc(N2CCCN(C(=O)c3ccccc3C(F)(F)F)C2=O)nn1. The summed E-state index contributed by atoms with van der Waals surface area (Å²) in [6, 6.07) is 6.39. The van der Waals surface area contributed by atoms with Gasteiger partial charge in [0.2, 0.25) is 0 Å². The molecule has 0 bridgehead atoms. The first-order chi connectivity index (χ1) is 15.3. The van der Waals surface area contributed by atoms with Gasteiger partial charge in [0.25, 0.3) is 11.8 Å². The van der Waals surface area contributed by atoms with Gasteiger partial charge < -0.3 is 5.32 Å². The van der Waals surface area contributed by atoms with Gasteiger partial charge in [-0.2, -0.15) is 13.2 Å². The standard InChI is InChI=1S/C21H20F3N5O3/c22-21(23,24)15-5-2-1-4-14(15)19(31)29-11-3-10-28(20(29)32)17-9-8-16(26-27-17)18(30)25-12-13-6-7-13/h1-2,4-5,8-9,13H,3,6-7,10-12H2,(H,25,30). The number of hydrogen-bond donors (Lipinski definition) is 1. The molecule has 1 saturated carbocycles. The quantitative estimate of drug-likeness (QED) is 0.760. The molecule has 1 aromatic carbocycles. The van der Waals surface area contributed by atoms with Crippen LogP contribution in [-0.4, -0.2) is 52.6 Å². The molecule has 2 aliphatic rings. The van der Waals surface area contributed by atoms with Crippen molar-refractivity contribution in [2.45, 2.75) is 25.4 Å². The van der Waals surface area contributed by atoms with Gasteiger partial charge >= 0.3 is 12.2 Å². The fraction of sp³-hybridized carbons (Fsp3) is 0.381. The molecule has 2 fully saturated rings. The Bertz CT molecular complexity index is 1040. The molecule has 168 valence electrons. The Hall–Kier alpha value is -3.50. The molecule has 0 unspecified atom stereocenters. The van der Waals surface area contributed by atoms with E-state index in [2.05, 4.69) is 15.5 Å². The summed E-state index contributed by atoms with van der Waals surface area (Å²) < 4.78 is 39.9. The summed E-state index contributed by atoms with van der Waals surface area (Å²) in [5, 5.41) is 10.5. The number of alkyl halides is 3. The number of anilines is 1. The molecule has 2 heterocycles. The van der Waals surface area contributed by atoms with Gasteiger partial charge in [-0.25, -0.2) is 4.79 Å². The molecule has 0 spiro atoms. The zero-order chi connectivity index (χ0) is 22.9. The Morgan fingerprint density at radius 1 is 1.06 bits per heavy atom. The number of halogens is 3. The summed E-state index contributed by atoms with van der Waals surface area (Å²) in [6.45, 7) is 0.768. The summed E-state index contributed by atoms with van der Waals surface area (Å²) in [5.41, 5.74) is -1.61. The third kappa shape index (κ3) is 4.56. The molecule has 32 heavy (non-hydrogen) atoms. The van der Waals surface area contributed by atoms with E-state index in [4.69, 9.17) is 0 Å². The highest BCUT2D eigenvalue weighted by Crippen LogP contribution is 2.33. The van der Waals surface area contributed by atoms with E-state index >= 15 is 0 Å². The van der Waals surface area contributed by atoms with E-state index in [9.17, 15) is 27.6 Å². The molecule has 0 atom stereocenters. The van der Waals surface area contributed by atoms with Crippen molar-refractivity contribution in [2.24, 2.45) is 5.92 Å². The molecule has 8 nitrogen and oxygen atoms in total. The second-order valence-electron chi connectivity index (χ2n) is 7.72. The summed E-state index contributed by atoms with van der Waals surface area (Å²) in [6.07, 6.45) is -2.21. The fourth-order valence-electron chi connectivity index (χ4n) is 3.43. The number of hydrogen-bond acceptors (Lipinski definition) is 5. The molecule has 0 radical (unpaired) electrons. The number of amides is 4. The van der Waals surface area contributed by atoms with Crippen molar-refractivity contribution in [3.05, 3.63) is 53.2 Å². The van der Waals surface area contributed by atoms with Gasteiger partial charge in [-0.1, -0.05) is 12.1 Å². The Kier molecular flexibility index (Phi) is 5.81.